The highest BCUT2D eigenvalue weighted by Crippen LogP contribution is 2.06. The Kier molecular flexibility index (Phi) is 3.05. The molecule has 0 aliphatic rings. The molecule has 2 aromatic heterocycles. The quantitative estimate of drug-likeness (QED) is 0.840. The summed E-state index contributed by atoms with van der Waals surface area (Å²) in [5.41, 5.74) is 0.885. The van der Waals surface area contributed by atoms with Gasteiger partial charge in [0, 0.05) is 13.2 Å². The highest BCUT2D eigenvalue weighted by Gasteiger charge is 2.11. The van der Waals surface area contributed by atoms with Gasteiger partial charge in [0.1, 0.15) is 5.76 Å². The molecule has 0 bridgehead atoms. The van der Waals surface area contributed by atoms with Crippen LogP contribution in [-0.4, -0.2) is 28.1 Å². The average Bonchev–Trinajstić information content (AvgIpc) is 2.90. The van der Waals surface area contributed by atoms with Crippen molar-refractivity contribution in [1.82, 2.24) is 15.1 Å². The van der Waals surface area contributed by atoms with Crippen molar-refractivity contribution >= 4 is 5.91 Å². The summed E-state index contributed by atoms with van der Waals surface area (Å²) >= 11 is 0. The van der Waals surface area contributed by atoms with Crippen LogP contribution in [0.25, 0.3) is 0 Å². The molecule has 0 saturated carbocycles. The Labute approximate surface area is 93.1 Å². The Morgan fingerprint density at radius 1 is 1.62 bits per heavy atom. The summed E-state index contributed by atoms with van der Waals surface area (Å²) in [5, 5.41) is 6.48. The summed E-state index contributed by atoms with van der Waals surface area (Å²) in [6, 6.07) is 3.66. The fourth-order valence-corrected chi connectivity index (χ4v) is 1.41. The number of H-pyrrole nitrogens is 1. The van der Waals surface area contributed by atoms with Crippen molar-refractivity contribution in [2.75, 3.05) is 7.05 Å². The van der Waals surface area contributed by atoms with Gasteiger partial charge < -0.3 is 9.32 Å². The van der Waals surface area contributed by atoms with Crippen LogP contribution in [0.3, 0.4) is 0 Å². The van der Waals surface area contributed by atoms with Crippen molar-refractivity contribution < 1.29 is 9.21 Å². The predicted molar refractivity (Wildman–Crippen MR) is 57.5 cm³/mol. The number of hydrogen-bond acceptors (Lipinski definition) is 3. The second-order valence-corrected chi connectivity index (χ2v) is 3.61. The number of nitrogens with zero attached hydrogens (tertiary/aromatic N) is 2. The molecule has 1 N–H and O–H groups in total. The lowest BCUT2D eigenvalue weighted by molar-refractivity contribution is -0.129. The molecule has 5 heteroatoms. The van der Waals surface area contributed by atoms with Crippen molar-refractivity contribution in [3.8, 4) is 0 Å². The lowest BCUT2D eigenvalue weighted by atomic mass is 10.2. The second kappa shape index (κ2) is 4.65. The minimum absolute atomic E-state index is 0.0396. The number of aromatic nitrogens is 2. The van der Waals surface area contributed by atoms with Crippen LogP contribution in [0.15, 0.2) is 35.2 Å². The first-order valence-electron chi connectivity index (χ1n) is 4.99. The van der Waals surface area contributed by atoms with E-state index in [1.807, 2.05) is 12.1 Å². The highest BCUT2D eigenvalue weighted by molar-refractivity contribution is 5.78. The summed E-state index contributed by atoms with van der Waals surface area (Å²) < 4.78 is 5.18. The molecule has 2 rings (SSSR count). The number of nitrogens with one attached hydrogen (secondary N) is 1. The summed E-state index contributed by atoms with van der Waals surface area (Å²) in [4.78, 5) is 13.4. The number of rotatable bonds is 4. The maximum Gasteiger partial charge on any atom is 0.227 e. The smallest absolute Gasteiger partial charge is 0.227 e. The summed E-state index contributed by atoms with van der Waals surface area (Å²) in [6.07, 6.45) is 5.33. The number of carbonyl (C=O) groups excluding carboxylic acids is 1. The lowest BCUT2D eigenvalue weighted by Gasteiger charge is -2.14. The van der Waals surface area contributed by atoms with Gasteiger partial charge in [-0.3, -0.25) is 9.89 Å². The maximum atomic E-state index is 11.8. The summed E-state index contributed by atoms with van der Waals surface area (Å²) in [6.45, 7) is 0.490. The first kappa shape index (κ1) is 10.5. The Morgan fingerprint density at radius 3 is 3.12 bits per heavy atom. The third kappa shape index (κ3) is 2.50. The van der Waals surface area contributed by atoms with E-state index < -0.39 is 0 Å². The van der Waals surface area contributed by atoms with Crippen LogP contribution < -0.4 is 0 Å². The Hall–Kier alpha value is -2.04. The molecule has 0 saturated heterocycles. The lowest BCUT2D eigenvalue weighted by Crippen LogP contribution is -2.27. The van der Waals surface area contributed by atoms with Crippen molar-refractivity contribution in [1.29, 1.82) is 0 Å². The largest absolute Gasteiger partial charge is 0.467 e. The minimum Gasteiger partial charge on any atom is -0.467 e. The SMILES string of the molecule is CN(Cc1ccco1)C(=O)Cc1cn[nH]c1. The predicted octanol–water partition coefficient (Wildman–Crippen LogP) is 1.20. The monoisotopic (exact) mass is 219 g/mol. The molecular formula is C11H13N3O2. The van der Waals surface area contributed by atoms with E-state index in [1.54, 1.807) is 30.6 Å². The van der Waals surface area contributed by atoms with Crippen LogP contribution in [0.1, 0.15) is 11.3 Å². The van der Waals surface area contributed by atoms with E-state index in [-0.39, 0.29) is 5.91 Å². The number of likely N-dealkylation sites (N-methyl/N-ethyl adjacent to an activating group) is 1. The fraction of sp³-hybridized carbons (Fsp3) is 0.273. The number of furan rings is 1. The minimum atomic E-state index is 0.0396. The van der Waals surface area contributed by atoms with Crippen LogP contribution in [0.4, 0.5) is 0 Å². The van der Waals surface area contributed by atoms with Gasteiger partial charge in [0.05, 0.1) is 25.4 Å². The standard InChI is InChI=1S/C11H13N3O2/c1-14(8-10-3-2-4-16-10)11(15)5-9-6-12-13-7-9/h2-4,6-7H,5,8H2,1H3,(H,12,13). The molecule has 0 aromatic carbocycles. The van der Waals surface area contributed by atoms with E-state index in [4.69, 9.17) is 4.42 Å². The number of amides is 1. The maximum absolute atomic E-state index is 11.8. The van der Waals surface area contributed by atoms with Gasteiger partial charge in [0.2, 0.25) is 5.91 Å². The van der Waals surface area contributed by atoms with Crippen molar-refractivity contribution in [3.63, 3.8) is 0 Å². The molecule has 0 aliphatic carbocycles. The van der Waals surface area contributed by atoms with E-state index in [0.29, 0.717) is 13.0 Å². The number of carbonyl (C=O) groups is 1. The molecule has 2 heterocycles. The third-order valence-electron chi connectivity index (χ3n) is 2.31. The van der Waals surface area contributed by atoms with Gasteiger partial charge >= 0.3 is 0 Å². The molecule has 0 spiro atoms. The van der Waals surface area contributed by atoms with Gasteiger partial charge in [-0.05, 0) is 17.7 Å². The van der Waals surface area contributed by atoms with Crippen molar-refractivity contribution in [3.05, 3.63) is 42.1 Å². The first-order valence-corrected chi connectivity index (χ1v) is 4.99. The fourth-order valence-electron chi connectivity index (χ4n) is 1.41. The van der Waals surface area contributed by atoms with E-state index >= 15 is 0 Å². The number of aromatic amines is 1. The van der Waals surface area contributed by atoms with Crippen molar-refractivity contribution in [2.45, 2.75) is 13.0 Å². The third-order valence-corrected chi connectivity index (χ3v) is 2.31. The van der Waals surface area contributed by atoms with E-state index in [9.17, 15) is 4.79 Å². The van der Waals surface area contributed by atoms with Crippen LogP contribution in [0, 0.1) is 0 Å². The van der Waals surface area contributed by atoms with Crippen LogP contribution in [-0.2, 0) is 17.8 Å². The molecule has 0 aliphatic heterocycles. The van der Waals surface area contributed by atoms with Gasteiger partial charge in [-0.15, -0.1) is 0 Å². The van der Waals surface area contributed by atoms with Crippen LogP contribution in [0.5, 0.6) is 0 Å². The van der Waals surface area contributed by atoms with Gasteiger partial charge in [0.15, 0.2) is 0 Å². The number of hydrogen-bond donors (Lipinski definition) is 1. The molecule has 16 heavy (non-hydrogen) atoms. The molecule has 0 fully saturated rings. The zero-order valence-corrected chi connectivity index (χ0v) is 9.01. The van der Waals surface area contributed by atoms with Gasteiger partial charge in [-0.1, -0.05) is 0 Å². The molecule has 0 unspecified atom stereocenters. The van der Waals surface area contributed by atoms with Crippen LogP contribution >= 0.6 is 0 Å². The molecule has 5 nitrogen and oxygen atoms in total. The zero-order chi connectivity index (χ0) is 11.4. The van der Waals surface area contributed by atoms with E-state index in [1.165, 1.54) is 0 Å². The zero-order valence-electron chi connectivity index (χ0n) is 9.01. The van der Waals surface area contributed by atoms with E-state index in [0.717, 1.165) is 11.3 Å². The van der Waals surface area contributed by atoms with Gasteiger partial charge in [-0.2, -0.15) is 5.10 Å². The van der Waals surface area contributed by atoms with Crippen LogP contribution in [0.2, 0.25) is 0 Å². The first-order chi connectivity index (χ1) is 7.75. The highest BCUT2D eigenvalue weighted by atomic mass is 16.3. The second-order valence-electron chi connectivity index (χ2n) is 3.61. The van der Waals surface area contributed by atoms with Crippen molar-refractivity contribution in [2.24, 2.45) is 0 Å². The molecule has 2 aromatic rings. The summed E-state index contributed by atoms with van der Waals surface area (Å²) in [7, 11) is 1.75. The normalized spacial score (nSPS) is 10.3. The molecule has 0 radical (unpaired) electrons. The Balaban J connectivity index is 1.90. The molecule has 84 valence electrons. The average molecular weight is 219 g/mol. The summed E-state index contributed by atoms with van der Waals surface area (Å²) in [5.74, 6) is 0.820. The van der Waals surface area contributed by atoms with Gasteiger partial charge in [0.25, 0.3) is 0 Å². The molecule has 0 atom stereocenters. The topological polar surface area (TPSA) is 62.1 Å². The molecule has 1 amide bonds. The Bertz CT molecular complexity index is 434. The van der Waals surface area contributed by atoms with E-state index in [2.05, 4.69) is 10.2 Å². The Morgan fingerprint density at radius 2 is 2.50 bits per heavy atom. The molecular weight excluding hydrogens is 206 g/mol. The van der Waals surface area contributed by atoms with Gasteiger partial charge in [-0.25, -0.2) is 0 Å².